The van der Waals surface area contributed by atoms with Crippen molar-refractivity contribution in [1.29, 1.82) is 0 Å². The normalized spacial score (nSPS) is 19.8. The minimum absolute atomic E-state index is 0. The molecule has 1 aromatic carbocycles. The number of nitrogens with zero attached hydrogens (tertiary/aromatic N) is 1. The van der Waals surface area contributed by atoms with Crippen LogP contribution in [0.2, 0.25) is 0 Å². The molecule has 2 fully saturated rings. The van der Waals surface area contributed by atoms with Gasteiger partial charge >= 0.3 is 0 Å². The Bertz CT molecular complexity index is 692. The van der Waals surface area contributed by atoms with Crippen LogP contribution < -0.4 is 10.0 Å². The van der Waals surface area contributed by atoms with Gasteiger partial charge in [-0.2, -0.15) is 0 Å². The number of rotatable bonds is 3. The van der Waals surface area contributed by atoms with E-state index in [1.165, 1.54) is 6.42 Å². The maximum absolute atomic E-state index is 12.8. The van der Waals surface area contributed by atoms with Crippen molar-refractivity contribution in [3.05, 3.63) is 29.8 Å². The zero-order chi connectivity index (χ0) is 16.5. The Morgan fingerprint density at radius 2 is 1.88 bits per heavy atom. The number of carbonyl (C=O) groups excluding carboxylic acids is 1. The number of anilines is 1. The van der Waals surface area contributed by atoms with E-state index in [4.69, 9.17) is 0 Å². The summed E-state index contributed by atoms with van der Waals surface area (Å²) < 4.78 is 25.4. The van der Waals surface area contributed by atoms with Gasteiger partial charge in [-0.3, -0.25) is 9.52 Å². The number of amides is 1. The summed E-state index contributed by atoms with van der Waals surface area (Å²) in [6, 6.07) is 6.78. The van der Waals surface area contributed by atoms with Crippen LogP contribution in [0.25, 0.3) is 0 Å². The van der Waals surface area contributed by atoms with E-state index in [2.05, 4.69) is 10.0 Å². The summed E-state index contributed by atoms with van der Waals surface area (Å²) in [4.78, 5) is 14.6. The summed E-state index contributed by atoms with van der Waals surface area (Å²) in [7, 11) is -3.41. The minimum atomic E-state index is -3.41. The summed E-state index contributed by atoms with van der Waals surface area (Å²) in [6.07, 6.45) is 4.29. The lowest BCUT2D eigenvalue weighted by Crippen LogP contribution is -2.44. The van der Waals surface area contributed by atoms with Gasteiger partial charge < -0.3 is 10.2 Å². The van der Waals surface area contributed by atoms with Crippen molar-refractivity contribution in [1.82, 2.24) is 10.2 Å². The number of hydrogen-bond donors (Lipinski definition) is 2. The first-order valence-electron chi connectivity index (χ1n) is 7.95. The van der Waals surface area contributed by atoms with E-state index in [9.17, 15) is 13.2 Å². The topological polar surface area (TPSA) is 78.5 Å². The second kappa shape index (κ2) is 7.29. The molecule has 0 atom stereocenters. The summed E-state index contributed by atoms with van der Waals surface area (Å²) in [5.41, 5.74) is 1.11. The van der Waals surface area contributed by atoms with E-state index in [0.29, 0.717) is 16.7 Å². The Morgan fingerprint density at radius 1 is 1.21 bits per heavy atom. The van der Waals surface area contributed by atoms with Gasteiger partial charge in [0.2, 0.25) is 10.0 Å². The van der Waals surface area contributed by atoms with Gasteiger partial charge in [-0.1, -0.05) is 12.1 Å². The first-order valence-corrected chi connectivity index (χ1v) is 9.85. The number of sulfonamides is 1. The van der Waals surface area contributed by atoms with Crippen molar-refractivity contribution in [2.45, 2.75) is 19.3 Å². The van der Waals surface area contributed by atoms with Gasteiger partial charge in [-0.25, -0.2) is 8.42 Å². The summed E-state index contributed by atoms with van der Waals surface area (Å²) >= 11 is 0. The number of nitrogens with one attached hydrogen (secondary N) is 2. The molecule has 0 aromatic heterocycles. The number of carbonyl (C=O) groups is 1. The summed E-state index contributed by atoms with van der Waals surface area (Å²) in [5.74, 6) is -0.0995. The molecule has 1 amide bonds. The number of benzene rings is 1. The quantitative estimate of drug-likeness (QED) is 0.845. The number of piperidine rings is 1. The minimum Gasteiger partial charge on any atom is -0.339 e. The first-order chi connectivity index (χ1) is 10.9. The Kier molecular flexibility index (Phi) is 5.78. The molecular weight excluding hydrogens is 350 g/mol. The highest BCUT2D eigenvalue weighted by Gasteiger charge is 2.38. The Morgan fingerprint density at radius 3 is 2.46 bits per heavy atom. The Labute approximate surface area is 149 Å². The molecule has 0 radical (unpaired) electrons. The van der Waals surface area contributed by atoms with E-state index >= 15 is 0 Å². The Hall–Kier alpha value is -1.31. The Balaban J connectivity index is 0.00000208. The predicted octanol–water partition coefficient (Wildman–Crippen LogP) is 1.70. The maximum Gasteiger partial charge on any atom is 0.255 e. The van der Waals surface area contributed by atoms with E-state index in [0.717, 1.165) is 45.3 Å². The van der Waals surface area contributed by atoms with Gasteiger partial charge in [-0.05, 0) is 43.4 Å². The predicted molar refractivity (Wildman–Crippen MR) is 97.2 cm³/mol. The van der Waals surface area contributed by atoms with Crippen LogP contribution >= 0.6 is 12.4 Å². The second-order valence-corrected chi connectivity index (χ2v) is 8.39. The molecule has 6 nitrogen and oxygen atoms in total. The van der Waals surface area contributed by atoms with Gasteiger partial charge in [0.25, 0.3) is 5.91 Å². The van der Waals surface area contributed by atoms with Crippen LogP contribution in [0.5, 0.6) is 0 Å². The van der Waals surface area contributed by atoms with Gasteiger partial charge in [0, 0.05) is 19.6 Å². The average molecular weight is 374 g/mol. The number of para-hydroxylation sites is 1. The monoisotopic (exact) mass is 373 g/mol. The molecule has 24 heavy (non-hydrogen) atoms. The molecule has 2 aliphatic heterocycles. The average Bonchev–Trinajstić information content (AvgIpc) is 2.95. The van der Waals surface area contributed by atoms with Crippen LogP contribution in [0.15, 0.2) is 24.3 Å². The highest BCUT2D eigenvalue weighted by molar-refractivity contribution is 7.92. The lowest BCUT2D eigenvalue weighted by molar-refractivity contribution is 0.0609. The third kappa shape index (κ3) is 4.20. The number of likely N-dealkylation sites (tertiary alicyclic amines) is 1. The van der Waals surface area contributed by atoms with Crippen molar-refractivity contribution >= 4 is 34.0 Å². The summed E-state index contributed by atoms with van der Waals surface area (Å²) in [5, 5.41) is 3.41. The molecule has 0 saturated carbocycles. The number of hydrogen-bond acceptors (Lipinski definition) is 4. The van der Waals surface area contributed by atoms with Crippen LogP contribution in [0.4, 0.5) is 5.69 Å². The molecular formula is C16H24ClN3O3S. The molecule has 3 rings (SSSR count). The summed E-state index contributed by atoms with van der Waals surface area (Å²) in [6.45, 7) is 3.57. The lowest BCUT2D eigenvalue weighted by Gasteiger charge is -2.39. The molecule has 2 saturated heterocycles. The van der Waals surface area contributed by atoms with Gasteiger partial charge in [0.05, 0.1) is 17.5 Å². The third-order valence-corrected chi connectivity index (χ3v) is 5.49. The fourth-order valence-corrected chi connectivity index (χ4v) is 4.11. The zero-order valence-electron chi connectivity index (χ0n) is 13.7. The third-order valence-electron chi connectivity index (χ3n) is 4.90. The fourth-order valence-electron chi connectivity index (χ4n) is 3.54. The lowest BCUT2D eigenvalue weighted by atomic mass is 9.78. The second-order valence-electron chi connectivity index (χ2n) is 6.64. The van der Waals surface area contributed by atoms with Gasteiger partial charge in [-0.15, -0.1) is 12.4 Å². The maximum atomic E-state index is 12.8. The molecule has 8 heteroatoms. The molecule has 1 aromatic rings. The van der Waals surface area contributed by atoms with Crippen LogP contribution in [0.3, 0.4) is 0 Å². The first kappa shape index (κ1) is 19.0. The molecule has 2 heterocycles. The highest BCUT2D eigenvalue weighted by Crippen LogP contribution is 2.37. The van der Waals surface area contributed by atoms with E-state index in [-0.39, 0.29) is 18.3 Å². The molecule has 2 N–H and O–H groups in total. The standard InChI is InChI=1S/C16H23N3O3S.ClH/c1-23(21,22)18-14-5-3-2-4-13(14)15(20)19-10-7-16(8-11-19)6-9-17-12-16;/h2-5,17-18H,6-12H2,1H3;1H. The van der Waals surface area contributed by atoms with Crippen LogP contribution in [0, 0.1) is 5.41 Å². The molecule has 0 bridgehead atoms. The number of halogens is 1. The molecule has 2 aliphatic rings. The molecule has 0 unspecified atom stereocenters. The SMILES string of the molecule is CS(=O)(=O)Nc1ccccc1C(=O)N1CCC2(CCNC2)CC1.Cl. The van der Waals surface area contributed by atoms with Crippen molar-refractivity contribution in [2.24, 2.45) is 5.41 Å². The van der Waals surface area contributed by atoms with Crippen LogP contribution in [0.1, 0.15) is 29.6 Å². The highest BCUT2D eigenvalue weighted by atomic mass is 35.5. The van der Waals surface area contributed by atoms with E-state index < -0.39 is 10.0 Å². The van der Waals surface area contributed by atoms with E-state index in [1.807, 2.05) is 4.90 Å². The zero-order valence-corrected chi connectivity index (χ0v) is 15.4. The smallest absolute Gasteiger partial charge is 0.255 e. The van der Waals surface area contributed by atoms with Crippen molar-refractivity contribution in [2.75, 3.05) is 37.2 Å². The van der Waals surface area contributed by atoms with Crippen molar-refractivity contribution in [3.63, 3.8) is 0 Å². The van der Waals surface area contributed by atoms with Crippen molar-refractivity contribution < 1.29 is 13.2 Å². The largest absolute Gasteiger partial charge is 0.339 e. The van der Waals surface area contributed by atoms with Gasteiger partial charge in [0.1, 0.15) is 0 Å². The van der Waals surface area contributed by atoms with Crippen molar-refractivity contribution in [3.8, 4) is 0 Å². The van der Waals surface area contributed by atoms with E-state index in [1.54, 1.807) is 24.3 Å². The molecule has 0 aliphatic carbocycles. The molecule has 1 spiro atoms. The fraction of sp³-hybridized carbons (Fsp3) is 0.562. The molecule has 134 valence electrons. The van der Waals surface area contributed by atoms with Crippen LogP contribution in [-0.4, -0.2) is 51.7 Å². The van der Waals surface area contributed by atoms with Crippen LogP contribution in [-0.2, 0) is 10.0 Å². The van der Waals surface area contributed by atoms with Gasteiger partial charge in [0.15, 0.2) is 0 Å².